The molecule has 0 spiro atoms. The van der Waals surface area contributed by atoms with Crippen LogP contribution < -0.4 is 10.6 Å². The number of nitrogens with one attached hydrogen (secondary N) is 2. The highest BCUT2D eigenvalue weighted by atomic mass is 35.5. The van der Waals surface area contributed by atoms with Gasteiger partial charge in [-0.3, -0.25) is 4.98 Å². The van der Waals surface area contributed by atoms with Crippen LogP contribution in [0.3, 0.4) is 0 Å². The van der Waals surface area contributed by atoms with Crippen molar-refractivity contribution in [3.05, 3.63) is 28.0 Å². The lowest BCUT2D eigenvalue weighted by molar-refractivity contribution is 0.423. The molecule has 14 heavy (non-hydrogen) atoms. The van der Waals surface area contributed by atoms with Crippen molar-refractivity contribution in [2.45, 2.75) is 6.04 Å². The van der Waals surface area contributed by atoms with Crippen LogP contribution in [0, 0.1) is 0 Å². The molecule has 0 aromatic carbocycles. The van der Waals surface area contributed by atoms with Crippen molar-refractivity contribution in [2.75, 3.05) is 19.6 Å². The SMILES string of the molecule is Clc1cnc([C@H]2CNCCN2)c(Cl)c1. The van der Waals surface area contributed by atoms with E-state index in [9.17, 15) is 0 Å². The van der Waals surface area contributed by atoms with Gasteiger partial charge in [-0.05, 0) is 6.07 Å². The van der Waals surface area contributed by atoms with Crippen LogP contribution in [-0.2, 0) is 0 Å². The zero-order valence-corrected chi connectivity index (χ0v) is 9.07. The number of nitrogens with zero attached hydrogens (tertiary/aromatic N) is 1. The van der Waals surface area contributed by atoms with Crippen molar-refractivity contribution in [1.29, 1.82) is 0 Å². The van der Waals surface area contributed by atoms with Crippen LogP contribution in [0.2, 0.25) is 10.0 Å². The Morgan fingerprint density at radius 2 is 2.21 bits per heavy atom. The number of piperazine rings is 1. The monoisotopic (exact) mass is 231 g/mol. The van der Waals surface area contributed by atoms with Gasteiger partial charge >= 0.3 is 0 Å². The molecular weight excluding hydrogens is 221 g/mol. The average molecular weight is 232 g/mol. The van der Waals surface area contributed by atoms with Gasteiger partial charge in [-0.2, -0.15) is 0 Å². The standard InChI is InChI=1S/C9H11Cl2N3/c10-6-3-7(11)9(14-4-6)8-5-12-1-2-13-8/h3-4,8,12-13H,1-2,5H2/t8-/m1/s1. The second-order valence-electron chi connectivity index (χ2n) is 3.23. The maximum Gasteiger partial charge on any atom is 0.0773 e. The molecule has 1 fully saturated rings. The van der Waals surface area contributed by atoms with E-state index in [1.165, 1.54) is 0 Å². The van der Waals surface area contributed by atoms with Crippen LogP contribution in [0.15, 0.2) is 12.3 Å². The number of hydrogen-bond acceptors (Lipinski definition) is 3. The summed E-state index contributed by atoms with van der Waals surface area (Å²) < 4.78 is 0. The van der Waals surface area contributed by atoms with Crippen molar-refractivity contribution in [3.63, 3.8) is 0 Å². The average Bonchev–Trinajstić information content (AvgIpc) is 2.19. The van der Waals surface area contributed by atoms with Gasteiger partial charge in [0.1, 0.15) is 0 Å². The van der Waals surface area contributed by atoms with Gasteiger partial charge in [0.2, 0.25) is 0 Å². The van der Waals surface area contributed by atoms with Crippen molar-refractivity contribution in [2.24, 2.45) is 0 Å². The molecule has 1 aromatic heterocycles. The Hall–Kier alpha value is -0.350. The fourth-order valence-electron chi connectivity index (χ4n) is 1.53. The van der Waals surface area contributed by atoms with E-state index in [1.807, 2.05) is 0 Å². The molecule has 5 heteroatoms. The summed E-state index contributed by atoms with van der Waals surface area (Å²) >= 11 is 11.8. The number of aromatic nitrogens is 1. The van der Waals surface area contributed by atoms with Crippen LogP contribution >= 0.6 is 23.2 Å². The molecule has 0 bridgehead atoms. The topological polar surface area (TPSA) is 37.0 Å². The van der Waals surface area contributed by atoms with Crippen LogP contribution in [0.5, 0.6) is 0 Å². The fraction of sp³-hybridized carbons (Fsp3) is 0.444. The van der Waals surface area contributed by atoms with Gasteiger partial charge in [0.25, 0.3) is 0 Å². The number of halogens is 2. The summed E-state index contributed by atoms with van der Waals surface area (Å²) in [6.07, 6.45) is 1.62. The predicted octanol–water partition coefficient (Wildman–Crippen LogP) is 1.62. The maximum absolute atomic E-state index is 6.05. The minimum absolute atomic E-state index is 0.188. The van der Waals surface area contributed by atoms with E-state index in [-0.39, 0.29) is 6.04 Å². The first-order valence-corrected chi connectivity index (χ1v) is 5.28. The highest BCUT2D eigenvalue weighted by Crippen LogP contribution is 2.23. The molecule has 1 aliphatic heterocycles. The van der Waals surface area contributed by atoms with Gasteiger partial charge < -0.3 is 10.6 Å². The Labute approximate surface area is 92.8 Å². The van der Waals surface area contributed by atoms with Crippen molar-refractivity contribution in [1.82, 2.24) is 15.6 Å². The maximum atomic E-state index is 6.05. The molecule has 1 aromatic rings. The van der Waals surface area contributed by atoms with E-state index in [0.717, 1.165) is 25.3 Å². The summed E-state index contributed by atoms with van der Waals surface area (Å²) in [5, 5.41) is 7.82. The molecule has 3 nitrogen and oxygen atoms in total. The van der Waals surface area contributed by atoms with E-state index in [4.69, 9.17) is 23.2 Å². The highest BCUT2D eigenvalue weighted by Gasteiger charge is 2.18. The molecule has 1 saturated heterocycles. The smallest absolute Gasteiger partial charge is 0.0773 e. The third kappa shape index (κ3) is 2.17. The van der Waals surface area contributed by atoms with Crippen LogP contribution in [0.1, 0.15) is 11.7 Å². The second-order valence-corrected chi connectivity index (χ2v) is 4.08. The number of rotatable bonds is 1. The molecule has 1 atom stereocenters. The molecule has 0 unspecified atom stereocenters. The summed E-state index contributed by atoms with van der Waals surface area (Å²) in [5.74, 6) is 0. The van der Waals surface area contributed by atoms with E-state index < -0.39 is 0 Å². The van der Waals surface area contributed by atoms with Crippen LogP contribution in [-0.4, -0.2) is 24.6 Å². The molecule has 2 N–H and O–H groups in total. The highest BCUT2D eigenvalue weighted by molar-refractivity contribution is 6.34. The normalized spacial score (nSPS) is 22.3. The molecule has 76 valence electrons. The molecule has 0 amide bonds. The van der Waals surface area contributed by atoms with Crippen LogP contribution in [0.25, 0.3) is 0 Å². The second kappa shape index (κ2) is 4.45. The van der Waals surface area contributed by atoms with Gasteiger partial charge in [0.05, 0.1) is 21.8 Å². The molecule has 0 saturated carbocycles. The fourth-order valence-corrected chi connectivity index (χ4v) is 2.04. The first kappa shape index (κ1) is 10.2. The largest absolute Gasteiger partial charge is 0.314 e. The molecule has 2 rings (SSSR count). The predicted molar refractivity (Wildman–Crippen MR) is 57.9 cm³/mol. The Kier molecular flexibility index (Phi) is 3.23. The van der Waals surface area contributed by atoms with Crippen molar-refractivity contribution < 1.29 is 0 Å². The van der Waals surface area contributed by atoms with E-state index in [2.05, 4.69) is 15.6 Å². The quantitative estimate of drug-likeness (QED) is 0.772. The van der Waals surface area contributed by atoms with Gasteiger partial charge in [-0.1, -0.05) is 23.2 Å². The Balaban J connectivity index is 2.22. The lowest BCUT2D eigenvalue weighted by Crippen LogP contribution is -2.43. The molecule has 2 heterocycles. The zero-order valence-electron chi connectivity index (χ0n) is 7.56. The molecule has 0 aliphatic carbocycles. The summed E-state index contributed by atoms with van der Waals surface area (Å²) in [6, 6.07) is 1.91. The minimum Gasteiger partial charge on any atom is -0.314 e. The van der Waals surface area contributed by atoms with E-state index >= 15 is 0 Å². The third-order valence-electron chi connectivity index (χ3n) is 2.21. The minimum atomic E-state index is 0.188. The summed E-state index contributed by atoms with van der Waals surface area (Å²) in [5.41, 5.74) is 0.864. The summed E-state index contributed by atoms with van der Waals surface area (Å²) in [4.78, 5) is 4.24. The lowest BCUT2D eigenvalue weighted by atomic mass is 10.1. The first-order chi connectivity index (χ1) is 6.77. The van der Waals surface area contributed by atoms with Gasteiger partial charge in [0, 0.05) is 25.8 Å². The van der Waals surface area contributed by atoms with E-state index in [0.29, 0.717) is 10.0 Å². The Morgan fingerprint density at radius 3 is 2.86 bits per heavy atom. The third-order valence-corrected chi connectivity index (χ3v) is 2.72. The van der Waals surface area contributed by atoms with Crippen LogP contribution in [0.4, 0.5) is 0 Å². The number of hydrogen-bond donors (Lipinski definition) is 2. The molecule has 0 radical (unpaired) electrons. The van der Waals surface area contributed by atoms with Gasteiger partial charge in [-0.25, -0.2) is 0 Å². The number of pyridine rings is 1. The van der Waals surface area contributed by atoms with Gasteiger partial charge in [-0.15, -0.1) is 0 Å². The molecule has 1 aliphatic rings. The summed E-state index contributed by atoms with van der Waals surface area (Å²) in [7, 11) is 0. The van der Waals surface area contributed by atoms with E-state index in [1.54, 1.807) is 12.3 Å². The van der Waals surface area contributed by atoms with Crippen molar-refractivity contribution >= 4 is 23.2 Å². The zero-order chi connectivity index (χ0) is 9.97. The Bertz CT molecular complexity index is 324. The first-order valence-electron chi connectivity index (χ1n) is 4.52. The molecular formula is C9H11Cl2N3. The Morgan fingerprint density at radius 1 is 1.36 bits per heavy atom. The van der Waals surface area contributed by atoms with Gasteiger partial charge in [0.15, 0.2) is 0 Å². The lowest BCUT2D eigenvalue weighted by Gasteiger charge is -2.24. The summed E-state index contributed by atoms with van der Waals surface area (Å²) in [6.45, 7) is 2.78. The van der Waals surface area contributed by atoms with Crippen molar-refractivity contribution in [3.8, 4) is 0 Å².